The van der Waals surface area contributed by atoms with Gasteiger partial charge in [0.1, 0.15) is 5.75 Å². The van der Waals surface area contributed by atoms with Crippen LogP contribution in [0.25, 0.3) is 0 Å². The van der Waals surface area contributed by atoms with Crippen molar-refractivity contribution in [1.82, 2.24) is 5.32 Å². The minimum absolute atomic E-state index is 0.896. The zero-order valence-electron chi connectivity index (χ0n) is 7.09. The Bertz CT molecular complexity index is 223. The van der Waals surface area contributed by atoms with Crippen molar-refractivity contribution in [2.45, 2.75) is 6.92 Å². The first-order chi connectivity index (χ1) is 5.29. The Kier molecular flexibility index (Phi) is 2.36. The van der Waals surface area contributed by atoms with Crippen LogP contribution in [-0.2, 0) is 0 Å². The van der Waals surface area contributed by atoms with Crippen molar-refractivity contribution >= 4 is 5.69 Å². The van der Waals surface area contributed by atoms with Crippen molar-refractivity contribution in [3.8, 4) is 5.75 Å². The fraction of sp³-hybridized carbons (Fsp3) is 0.333. The average Bonchev–Trinajstić information content (AvgIpc) is 2.05. The number of nitrogens with zero attached hydrogens (tertiary/aromatic N) is 1. The predicted octanol–water partition coefficient (Wildman–Crippen LogP) is 1.87. The van der Waals surface area contributed by atoms with E-state index in [9.17, 15) is 0 Å². The first-order valence-electron chi connectivity index (χ1n) is 3.53. The average molecular weight is 150 g/mol. The molecule has 0 fully saturated rings. The second kappa shape index (κ2) is 3.28. The van der Waals surface area contributed by atoms with E-state index in [1.165, 1.54) is 0 Å². The van der Waals surface area contributed by atoms with Gasteiger partial charge in [-0.25, -0.2) is 0 Å². The van der Waals surface area contributed by atoms with E-state index in [2.05, 4.69) is 5.32 Å². The highest BCUT2D eigenvalue weighted by atomic mass is 16.5. The van der Waals surface area contributed by atoms with Crippen LogP contribution >= 0.6 is 0 Å². The van der Waals surface area contributed by atoms with Gasteiger partial charge in [-0.3, -0.25) is 5.32 Å². The number of ether oxygens (including phenoxy) is 1. The van der Waals surface area contributed by atoms with Crippen LogP contribution < -0.4 is 10.1 Å². The Balaban J connectivity index is 3.10. The molecular formula is C9H12NO. The molecule has 0 aliphatic carbocycles. The minimum Gasteiger partial charge on any atom is -0.496 e. The molecule has 0 spiro atoms. The molecule has 0 aliphatic heterocycles. The van der Waals surface area contributed by atoms with Gasteiger partial charge in [0.25, 0.3) is 0 Å². The van der Waals surface area contributed by atoms with E-state index in [4.69, 9.17) is 4.74 Å². The predicted molar refractivity (Wildman–Crippen MR) is 45.4 cm³/mol. The molecule has 0 aliphatic rings. The maximum absolute atomic E-state index is 5.13. The van der Waals surface area contributed by atoms with E-state index < -0.39 is 0 Å². The van der Waals surface area contributed by atoms with E-state index in [1.807, 2.05) is 25.1 Å². The molecule has 0 saturated carbocycles. The summed E-state index contributed by atoms with van der Waals surface area (Å²) in [4.78, 5) is 0. The molecule has 59 valence electrons. The SMILES string of the molecule is C[N]c1cccc(OC)c1C. The molecule has 1 aromatic carbocycles. The molecule has 0 aromatic heterocycles. The van der Waals surface area contributed by atoms with E-state index in [1.54, 1.807) is 14.2 Å². The monoisotopic (exact) mass is 150 g/mol. The highest BCUT2D eigenvalue weighted by molar-refractivity contribution is 5.51. The van der Waals surface area contributed by atoms with Gasteiger partial charge in [-0.05, 0) is 19.1 Å². The lowest BCUT2D eigenvalue weighted by molar-refractivity contribution is 0.411. The van der Waals surface area contributed by atoms with Gasteiger partial charge in [-0.15, -0.1) is 0 Å². The second-order valence-electron chi connectivity index (χ2n) is 2.33. The van der Waals surface area contributed by atoms with Crippen LogP contribution in [0.3, 0.4) is 0 Å². The van der Waals surface area contributed by atoms with Crippen molar-refractivity contribution in [2.24, 2.45) is 0 Å². The third-order valence-corrected chi connectivity index (χ3v) is 1.72. The van der Waals surface area contributed by atoms with Crippen molar-refractivity contribution in [2.75, 3.05) is 14.2 Å². The molecule has 2 nitrogen and oxygen atoms in total. The Labute approximate surface area is 67.2 Å². The van der Waals surface area contributed by atoms with Gasteiger partial charge in [0.05, 0.1) is 12.8 Å². The molecule has 11 heavy (non-hydrogen) atoms. The normalized spacial score (nSPS) is 9.36. The summed E-state index contributed by atoms with van der Waals surface area (Å²) in [6.45, 7) is 2.00. The molecule has 2 heteroatoms. The molecule has 0 heterocycles. The quantitative estimate of drug-likeness (QED) is 0.631. The lowest BCUT2D eigenvalue weighted by Crippen LogP contribution is -1.93. The topological polar surface area (TPSA) is 23.3 Å². The summed E-state index contributed by atoms with van der Waals surface area (Å²) in [5.41, 5.74) is 2.09. The smallest absolute Gasteiger partial charge is 0.123 e. The van der Waals surface area contributed by atoms with E-state index in [-0.39, 0.29) is 0 Å². The van der Waals surface area contributed by atoms with Gasteiger partial charge in [0.15, 0.2) is 0 Å². The van der Waals surface area contributed by atoms with Crippen molar-refractivity contribution in [1.29, 1.82) is 0 Å². The van der Waals surface area contributed by atoms with Crippen LogP contribution in [0.15, 0.2) is 18.2 Å². The van der Waals surface area contributed by atoms with Gasteiger partial charge in [-0.2, -0.15) is 0 Å². The number of rotatable bonds is 2. The molecule has 0 atom stereocenters. The first kappa shape index (κ1) is 7.92. The molecule has 1 rings (SSSR count). The highest BCUT2D eigenvalue weighted by Crippen LogP contribution is 2.24. The molecule has 0 saturated heterocycles. The van der Waals surface area contributed by atoms with Gasteiger partial charge in [0.2, 0.25) is 0 Å². The summed E-state index contributed by atoms with van der Waals surface area (Å²) in [5.74, 6) is 0.896. The zero-order chi connectivity index (χ0) is 8.27. The van der Waals surface area contributed by atoms with Crippen LogP contribution in [0, 0.1) is 6.92 Å². The summed E-state index contributed by atoms with van der Waals surface area (Å²) in [7, 11) is 3.45. The number of hydrogen-bond donors (Lipinski definition) is 0. The van der Waals surface area contributed by atoms with Crippen LogP contribution in [0.5, 0.6) is 5.75 Å². The van der Waals surface area contributed by atoms with Gasteiger partial charge < -0.3 is 4.74 Å². The van der Waals surface area contributed by atoms with E-state index in [0.717, 1.165) is 17.0 Å². The van der Waals surface area contributed by atoms with Gasteiger partial charge in [-0.1, -0.05) is 6.07 Å². The van der Waals surface area contributed by atoms with Crippen LogP contribution in [0.4, 0.5) is 5.69 Å². The summed E-state index contributed by atoms with van der Waals surface area (Å²) in [6.07, 6.45) is 0. The second-order valence-corrected chi connectivity index (χ2v) is 2.33. The van der Waals surface area contributed by atoms with Crippen molar-refractivity contribution in [3.05, 3.63) is 23.8 Å². The third-order valence-electron chi connectivity index (χ3n) is 1.72. The fourth-order valence-corrected chi connectivity index (χ4v) is 1.07. The van der Waals surface area contributed by atoms with E-state index >= 15 is 0 Å². The number of benzene rings is 1. The maximum Gasteiger partial charge on any atom is 0.123 e. The zero-order valence-corrected chi connectivity index (χ0v) is 7.09. The highest BCUT2D eigenvalue weighted by Gasteiger charge is 2.01. The summed E-state index contributed by atoms with van der Waals surface area (Å²) in [5, 5.41) is 4.10. The summed E-state index contributed by atoms with van der Waals surface area (Å²) >= 11 is 0. The Morgan fingerprint density at radius 1 is 1.36 bits per heavy atom. The Morgan fingerprint density at radius 2 is 2.09 bits per heavy atom. The molecule has 0 bridgehead atoms. The summed E-state index contributed by atoms with van der Waals surface area (Å²) < 4.78 is 5.13. The van der Waals surface area contributed by atoms with Crippen molar-refractivity contribution in [3.63, 3.8) is 0 Å². The molecule has 0 N–H and O–H groups in total. The molecular weight excluding hydrogens is 138 g/mol. The number of methoxy groups -OCH3 is 1. The van der Waals surface area contributed by atoms with Gasteiger partial charge >= 0.3 is 0 Å². The van der Waals surface area contributed by atoms with E-state index in [0.29, 0.717) is 0 Å². The van der Waals surface area contributed by atoms with Crippen LogP contribution in [0.1, 0.15) is 5.56 Å². The fourth-order valence-electron chi connectivity index (χ4n) is 1.07. The van der Waals surface area contributed by atoms with Gasteiger partial charge in [0, 0.05) is 12.6 Å². The van der Waals surface area contributed by atoms with Crippen LogP contribution in [0.2, 0.25) is 0 Å². The molecule has 0 amide bonds. The first-order valence-corrected chi connectivity index (χ1v) is 3.53. The number of hydrogen-bond acceptors (Lipinski definition) is 1. The standard InChI is InChI=1S/C9H12NO/c1-7-8(10-2)5-4-6-9(7)11-3/h4-6H,1-3H3. The lowest BCUT2D eigenvalue weighted by atomic mass is 10.2. The van der Waals surface area contributed by atoms with Crippen molar-refractivity contribution < 1.29 is 4.74 Å². The third kappa shape index (κ3) is 1.45. The summed E-state index contributed by atoms with van der Waals surface area (Å²) in [6, 6.07) is 5.84. The largest absolute Gasteiger partial charge is 0.496 e. The maximum atomic E-state index is 5.13. The molecule has 0 unspecified atom stereocenters. The lowest BCUT2D eigenvalue weighted by Gasteiger charge is -2.07. The molecule has 1 aromatic rings. The molecule has 1 radical (unpaired) electrons. The Morgan fingerprint density at radius 3 is 2.64 bits per heavy atom. The van der Waals surface area contributed by atoms with Crippen LogP contribution in [-0.4, -0.2) is 14.2 Å². The minimum atomic E-state index is 0.896. The Hall–Kier alpha value is -1.18.